The highest BCUT2D eigenvalue weighted by Gasteiger charge is 2.28. The summed E-state index contributed by atoms with van der Waals surface area (Å²) in [4.78, 5) is 19.0. The molecule has 1 aliphatic heterocycles. The summed E-state index contributed by atoms with van der Waals surface area (Å²) < 4.78 is 18.2. The molecule has 0 bridgehead atoms. The highest BCUT2D eigenvalue weighted by molar-refractivity contribution is 5.75. The van der Waals surface area contributed by atoms with E-state index >= 15 is 0 Å². The van der Waals surface area contributed by atoms with Crippen molar-refractivity contribution < 1.29 is 19.0 Å². The molecule has 8 heteroatoms. The molecule has 0 spiro atoms. The monoisotopic (exact) mass is 360 g/mol. The van der Waals surface area contributed by atoms with Gasteiger partial charge in [0.25, 0.3) is 0 Å². The molecule has 0 saturated carbocycles. The van der Waals surface area contributed by atoms with E-state index in [9.17, 15) is 4.79 Å². The van der Waals surface area contributed by atoms with Crippen LogP contribution in [0.1, 0.15) is 17.4 Å². The summed E-state index contributed by atoms with van der Waals surface area (Å²) in [6, 6.07) is 4.96. The van der Waals surface area contributed by atoms with Crippen molar-refractivity contribution in [3.8, 4) is 11.5 Å². The molecule has 1 aromatic carbocycles. The third kappa shape index (κ3) is 3.60. The van der Waals surface area contributed by atoms with Gasteiger partial charge in [-0.15, -0.1) is 0 Å². The molecule has 26 heavy (non-hydrogen) atoms. The molecule has 1 atom stereocenters. The molecule has 1 fully saturated rings. The number of benzene rings is 1. The Kier molecular flexibility index (Phi) is 5.62. The van der Waals surface area contributed by atoms with Gasteiger partial charge in [-0.2, -0.15) is 0 Å². The third-order valence-electron chi connectivity index (χ3n) is 4.43. The van der Waals surface area contributed by atoms with E-state index in [1.54, 1.807) is 25.3 Å². The van der Waals surface area contributed by atoms with Crippen LogP contribution in [0.25, 0.3) is 0 Å². The minimum absolute atomic E-state index is 0.161. The van der Waals surface area contributed by atoms with Crippen molar-refractivity contribution in [1.29, 1.82) is 0 Å². The predicted octanol–water partition coefficient (Wildman–Crippen LogP) is 1.57. The van der Waals surface area contributed by atoms with E-state index < -0.39 is 6.04 Å². The topological polar surface area (TPSA) is 77.9 Å². The lowest BCUT2D eigenvalue weighted by Crippen LogP contribution is -2.47. The number of ether oxygens (including phenoxy) is 3. The highest BCUT2D eigenvalue weighted by atomic mass is 16.5. The summed E-state index contributed by atoms with van der Waals surface area (Å²) in [5.41, 5.74) is 0.780. The van der Waals surface area contributed by atoms with Gasteiger partial charge in [0.05, 0.1) is 27.4 Å². The number of morpholine rings is 1. The highest BCUT2D eigenvalue weighted by Crippen LogP contribution is 2.36. The van der Waals surface area contributed by atoms with Crippen molar-refractivity contribution in [3.05, 3.63) is 42.0 Å². The summed E-state index contributed by atoms with van der Waals surface area (Å²) >= 11 is 0. The molecule has 2 heterocycles. The zero-order valence-electron chi connectivity index (χ0n) is 15.3. The second kappa shape index (κ2) is 8.09. The van der Waals surface area contributed by atoms with Crippen molar-refractivity contribution in [1.82, 2.24) is 19.8 Å². The Balaban J connectivity index is 1.97. The normalized spacial score (nSPS) is 15.4. The summed E-state index contributed by atoms with van der Waals surface area (Å²) in [5.74, 6) is 1.88. The fourth-order valence-corrected chi connectivity index (χ4v) is 3.06. The molecule has 0 aliphatic carbocycles. The fourth-order valence-electron chi connectivity index (χ4n) is 3.06. The molecule has 2 aromatic rings. The van der Waals surface area contributed by atoms with Crippen molar-refractivity contribution in [2.75, 3.05) is 40.5 Å². The molecule has 3 rings (SSSR count). The summed E-state index contributed by atoms with van der Waals surface area (Å²) in [6.45, 7) is 2.22. The minimum Gasteiger partial charge on any atom is -0.493 e. The number of imidazole rings is 1. The number of aromatic nitrogens is 2. The van der Waals surface area contributed by atoms with Gasteiger partial charge in [0.1, 0.15) is 11.9 Å². The smallest absolute Gasteiger partial charge is 0.318 e. The molecular weight excluding hydrogens is 336 g/mol. The zero-order chi connectivity index (χ0) is 18.5. The maximum atomic E-state index is 12.8. The SMILES string of the molecule is COc1cccc([C@@H](NC(=O)N2CCOCC2)c2nccn2C)c1OC. The van der Waals surface area contributed by atoms with E-state index in [1.807, 2.05) is 36.0 Å². The molecule has 1 aromatic heterocycles. The number of hydrogen-bond acceptors (Lipinski definition) is 5. The van der Waals surface area contributed by atoms with Crippen LogP contribution in [0.4, 0.5) is 4.79 Å². The van der Waals surface area contributed by atoms with Crippen LogP contribution in [0.2, 0.25) is 0 Å². The molecule has 1 saturated heterocycles. The first-order chi connectivity index (χ1) is 12.7. The van der Waals surface area contributed by atoms with Gasteiger partial charge in [-0.1, -0.05) is 12.1 Å². The van der Waals surface area contributed by atoms with Crippen LogP contribution >= 0.6 is 0 Å². The molecule has 140 valence electrons. The van der Waals surface area contributed by atoms with Gasteiger partial charge in [-0.05, 0) is 6.07 Å². The molecule has 2 amide bonds. The lowest BCUT2D eigenvalue weighted by atomic mass is 10.0. The first-order valence-corrected chi connectivity index (χ1v) is 8.47. The Morgan fingerprint density at radius 1 is 1.27 bits per heavy atom. The largest absolute Gasteiger partial charge is 0.493 e. The van der Waals surface area contributed by atoms with Crippen LogP contribution in [0.15, 0.2) is 30.6 Å². The van der Waals surface area contributed by atoms with E-state index in [0.29, 0.717) is 43.6 Å². The standard InChI is InChI=1S/C18H24N4O4/c1-21-8-7-19-17(21)15(20-18(23)22-9-11-26-12-10-22)13-5-4-6-14(24-2)16(13)25-3/h4-8,15H,9-12H2,1-3H3,(H,20,23)/t15-/m1/s1. The number of carbonyl (C=O) groups excluding carboxylic acids is 1. The number of hydrogen-bond donors (Lipinski definition) is 1. The number of amides is 2. The zero-order valence-corrected chi connectivity index (χ0v) is 15.3. The lowest BCUT2D eigenvalue weighted by molar-refractivity contribution is 0.0527. The van der Waals surface area contributed by atoms with Gasteiger partial charge in [-0.3, -0.25) is 0 Å². The maximum absolute atomic E-state index is 12.8. The van der Waals surface area contributed by atoms with Gasteiger partial charge < -0.3 is 29.0 Å². The molecule has 8 nitrogen and oxygen atoms in total. The molecular formula is C18H24N4O4. The van der Waals surface area contributed by atoms with Crippen LogP contribution < -0.4 is 14.8 Å². The fraction of sp³-hybridized carbons (Fsp3) is 0.444. The third-order valence-corrected chi connectivity index (χ3v) is 4.43. The predicted molar refractivity (Wildman–Crippen MR) is 95.5 cm³/mol. The van der Waals surface area contributed by atoms with Crippen molar-refractivity contribution >= 4 is 6.03 Å². The quantitative estimate of drug-likeness (QED) is 0.876. The van der Waals surface area contributed by atoms with Crippen LogP contribution in [-0.4, -0.2) is 61.0 Å². The summed E-state index contributed by atoms with van der Waals surface area (Å²) in [6.07, 6.45) is 3.55. The second-order valence-corrected chi connectivity index (χ2v) is 5.96. The Labute approximate surface area is 152 Å². The van der Waals surface area contributed by atoms with E-state index in [1.165, 1.54) is 0 Å². The number of nitrogens with zero attached hydrogens (tertiary/aromatic N) is 3. The number of urea groups is 1. The Hall–Kier alpha value is -2.74. The Morgan fingerprint density at radius 2 is 2.04 bits per heavy atom. The van der Waals surface area contributed by atoms with Crippen LogP contribution in [0.3, 0.4) is 0 Å². The minimum atomic E-state index is -0.476. The van der Waals surface area contributed by atoms with Crippen molar-refractivity contribution in [3.63, 3.8) is 0 Å². The molecule has 0 unspecified atom stereocenters. The maximum Gasteiger partial charge on any atom is 0.318 e. The number of rotatable bonds is 5. The van der Waals surface area contributed by atoms with E-state index in [0.717, 1.165) is 5.56 Å². The van der Waals surface area contributed by atoms with E-state index in [2.05, 4.69) is 10.3 Å². The number of aryl methyl sites for hydroxylation is 1. The van der Waals surface area contributed by atoms with Crippen LogP contribution in [0.5, 0.6) is 11.5 Å². The first-order valence-electron chi connectivity index (χ1n) is 8.47. The summed E-state index contributed by atoms with van der Waals surface area (Å²) in [7, 11) is 5.06. The number of carbonyl (C=O) groups is 1. The number of methoxy groups -OCH3 is 2. The Bertz CT molecular complexity index is 755. The lowest BCUT2D eigenvalue weighted by Gasteiger charge is -2.30. The van der Waals surface area contributed by atoms with Crippen molar-refractivity contribution in [2.45, 2.75) is 6.04 Å². The Morgan fingerprint density at radius 3 is 2.65 bits per heavy atom. The van der Waals surface area contributed by atoms with E-state index in [-0.39, 0.29) is 6.03 Å². The first kappa shape index (κ1) is 18.1. The summed E-state index contributed by atoms with van der Waals surface area (Å²) in [5, 5.41) is 3.08. The van der Waals surface area contributed by atoms with Gasteiger partial charge in [-0.25, -0.2) is 9.78 Å². The molecule has 1 aliphatic rings. The number of para-hydroxylation sites is 1. The van der Waals surface area contributed by atoms with Crippen LogP contribution in [0, 0.1) is 0 Å². The average Bonchev–Trinajstić information content (AvgIpc) is 3.11. The van der Waals surface area contributed by atoms with Gasteiger partial charge in [0.2, 0.25) is 0 Å². The van der Waals surface area contributed by atoms with E-state index in [4.69, 9.17) is 14.2 Å². The second-order valence-electron chi connectivity index (χ2n) is 5.96. The van der Waals surface area contributed by atoms with Gasteiger partial charge in [0, 0.05) is 38.1 Å². The van der Waals surface area contributed by atoms with Gasteiger partial charge >= 0.3 is 6.03 Å². The van der Waals surface area contributed by atoms with Crippen molar-refractivity contribution in [2.24, 2.45) is 7.05 Å². The number of nitrogens with one attached hydrogen (secondary N) is 1. The molecule has 1 N–H and O–H groups in total. The van der Waals surface area contributed by atoms with Crippen LogP contribution in [-0.2, 0) is 11.8 Å². The average molecular weight is 360 g/mol. The molecule has 0 radical (unpaired) electrons. The van der Waals surface area contributed by atoms with Gasteiger partial charge in [0.15, 0.2) is 11.5 Å².